The first-order valence-corrected chi connectivity index (χ1v) is 6.09. The van der Waals surface area contributed by atoms with Crippen molar-refractivity contribution in [1.29, 1.82) is 0 Å². The van der Waals surface area contributed by atoms with Crippen LogP contribution in [0.3, 0.4) is 0 Å². The summed E-state index contributed by atoms with van der Waals surface area (Å²) in [6, 6.07) is 5.39. The highest BCUT2D eigenvalue weighted by atomic mass is 35.5. The van der Waals surface area contributed by atoms with Crippen LogP contribution in [-0.4, -0.2) is 17.5 Å². The molecule has 1 heterocycles. The lowest BCUT2D eigenvalue weighted by Crippen LogP contribution is -2.34. The molecule has 3 N–H and O–H groups in total. The van der Waals surface area contributed by atoms with Gasteiger partial charge in [-0.15, -0.1) is 0 Å². The van der Waals surface area contributed by atoms with Crippen LogP contribution in [-0.2, 0) is 4.79 Å². The fourth-order valence-electron chi connectivity index (χ4n) is 1.80. The van der Waals surface area contributed by atoms with E-state index < -0.39 is 5.91 Å². The van der Waals surface area contributed by atoms with Gasteiger partial charge >= 0.3 is 0 Å². The SMILES string of the molecule is Cc1cc(OCC(=O)NN)c2ccc(Cl)c(C)c2n1. The van der Waals surface area contributed by atoms with Crippen LogP contribution < -0.4 is 16.0 Å². The van der Waals surface area contributed by atoms with Gasteiger partial charge in [0.25, 0.3) is 5.91 Å². The van der Waals surface area contributed by atoms with Gasteiger partial charge in [0.15, 0.2) is 6.61 Å². The number of carbonyl (C=O) groups excluding carboxylic acids is 1. The minimum absolute atomic E-state index is 0.142. The Balaban J connectivity index is 2.49. The summed E-state index contributed by atoms with van der Waals surface area (Å²) in [6.07, 6.45) is 0. The highest BCUT2D eigenvalue weighted by Crippen LogP contribution is 2.31. The number of benzene rings is 1. The number of fused-ring (bicyclic) bond motifs is 1. The molecule has 0 bridgehead atoms. The molecule has 1 aromatic heterocycles. The molecule has 0 spiro atoms. The van der Waals surface area contributed by atoms with Gasteiger partial charge in [0.05, 0.1) is 5.52 Å². The summed E-state index contributed by atoms with van der Waals surface area (Å²) in [7, 11) is 0. The number of hydrazine groups is 1. The third kappa shape index (κ3) is 2.77. The van der Waals surface area contributed by atoms with E-state index >= 15 is 0 Å². The smallest absolute Gasteiger partial charge is 0.271 e. The van der Waals surface area contributed by atoms with Crippen molar-refractivity contribution < 1.29 is 9.53 Å². The van der Waals surface area contributed by atoms with Crippen molar-refractivity contribution in [3.8, 4) is 5.75 Å². The van der Waals surface area contributed by atoms with Gasteiger partial charge in [-0.1, -0.05) is 11.6 Å². The fourth-order valence-corrected chi connectivity index (χ4v) is 1.95. The predicted molar refractivity (Wildman–Crippen MR) is 74.1 cm³/mol. The Labute approximate surface area is 115 Å². The number of amides is 1. The van der Waals surface area contributed by atoms with E-state index in [9.17, 15) is 4.79 Å². The topological polar surface area (TPSA) is 77.2 Å². The zero-order chi connectivity index (χ0) is 14.0. The maximum Gasteiger partial charge on any atom is 0.271 e. The molecule has 0 aliphatic carbocycles. The standard InChI is InChI=1S/C13H14ClN3O2/c1-7-5-11(19-6-12(18)17-15)9-3-4-10(14)8(2)13(9)16-7/h3-5H,6,15H2,1-2H3,(H,17,18). The van der Waals surface area contributed by atoms with Crippen LogP contribution in [0.2, 0.25) is 5.02 Å². The van der Waals surface area contributed by atoms with Crippen LogP contribution in [0.25, 0.3) is 10.9 Å². The number of carbonyl (C=O) groups is 1. The van der Waals surface area contributed by atoms with Crippen molar-refractivity contribution in [2.24, 2.45) is 5.84 Å². The van der Waals surface area contributed by atoms with Crippen molar-refractivity contribution in [2.45, 2.75) is 13.8 Å². The van der Waals surface area contributed by atoms with E-state index in [1.165, 1.54) is 0 Å². The Kier molecular flexibility index (Phi) is 3.87. The summed E-state index contributed by atoms with van der Waals surface area (Å²) < 4.78 is 5.47. The minimum atomic E-state index is -0.395. The molecule has 1 aromatic carbocycles. The number of hydrogen-bond acceptors (Lipinski definition) is 4. The van der Waals surface area contributed by atoms with Crippen molar-refractivity contribution >= 4 is 28.4 Å². The average Bonchev–Trinajstić information content (AvgIpc) is 2.40. The molecule has 0 atom stereocenters. The average molecular weight is 280 g/mol. The summed E-state index contributed by atoms with van der Waals surface area (Å²) in [4.78, 5) is 15.6. The van der Waals surface area contributed by atoms with Gasteiger partial charge in [0.2, 0.25) is 0 Å². The normalized spacial score (nSPS) is 10.5. The van der Waals surface area contributed by atoms with Crippen molar-refractivity contribution in [2.75, 3.05) is 6.61 Å². The Morgan fingerprint density at radius 1 is 1.47 bits per heavy atom. The summed E-state index contributed by atoms with van der Waals surface area (Å²) in [6.45, 7) is 3.61. The van der Waals surface area contributed by atoms with Gasteiger partial charge in [-0.2, -0.15) is 0 Å². The van der Waals surface area contributed by atoms with E-state index in [1.807, 2.05) is 25.3 Å². The van der Waals surface area contributed by atoms with Gasteiger partial charge in [0.1, 0.15) is 5.75 Å². The number of pyridine rings is 1. The quantitative estimate of drug-likeness (QED) is 0.511. The van der Waals surface area contributed by atoms with E-state index in [-0.39, 0.29) is 6.61 Å². The predicted octanol–water partition coefficient (Wildman–Crippen LogP) is 1.87. The lowest BCUT2D eigenvalue weighted by molar-refractivity contribution is -0.123. The number of hydrogen-bond donors (Lipinski definition) is 2. The molecule has 5 nitrogen and oxygen atoms in total. The van der Waals surface area contributed by atoms with Gasteiger partial charge in [-0.3, -0.25) is 15.2 Å². The Morgan fingerprint density at radius 3 is 2.89 bits per heavy atom. The molecule has 19 heavy (non-hydrogen) atoms. The summed E-state index contributed by atoms with van der Waals surface area (Å²) in [5.41, 5.74) is 4.47. The highest BCUT2D eigenvalue weighted by Gasteiger charge is 2.10. The van der Waals surface area contributed by atoms with E-state index in [0.29, 0.717) is 10.8 Å². The molecule has 6 heteroatoms. The molecular formula is C13H14ClN3O2. The number of nitrogens with two attached hydrogens (primary N) is 1. The molecule has 0 saturated heterocycles. The number of ether oxygens (including phenoxy) is 1. The molecule has 1 amide bonds. The molecular weight excluding hydrogens is 266 g/mol. The van der Waals surface area contributed by atoms with Gasteiger partial charge in [-0.05, 0) is 31.5 Å². The van der Waals surface area contributed by atoms with E-state index in [0.717, 1.165) is 22.2 Å². The number of nitrogens with zero attached hydrogens (tertiary/aromatic N) is 1. The van der Waals surface area contributed by atoms with E-state index in [4.69, 9.17) is 22.2 Å². The summed E-state index contributed by atoms with van der Waals surface area (Å²) in [5, 5.41) is 1.47. The third-order valence-corrected chi connectivity index (χ3v) is 3.19. The van der Waals surface area contributed by atoms with Crippen molar-refractivity contribution in [3.63, 3.8) is 0 Å². The zero-order valence-corrected chi connectivity index (χ0v) is 11.4. The zero-order valence-electron chi connectivity index (χ0n) is 10.7. The molecule has 0 fully saturated rings. The number of aromatic nitrogens is 1. The largest absolute Gasteiger partial charge is 0.483 e. The summed E-state index contributed by atoms with van der Waals surface area (Å²) >= 11 is 6.08. The molecule has 0 aliphatic rings. The first kappa shape index (κ1) is 13.6. The second kappa shape index (κ2) is 5.42. The Bertz CT molecular complexity index is 643. The van der Waals surface area contributed by atoms with Crippen molar-refractivity contribution in [1.82, 2.24) is 10.4 Å². The van der Waals surface area contributed by atoms with Crippen LogP contribution in [0.5, 0.6) is 5.75 Å². The Hall–Kier alpha value is -1.85. The third-order valence-electron chi connectivity index (χ3n) is 2.78. The number of nitrogens with one attached hydrogen (secondary N) is 1. The van der Waals surface area contributed by atoms with Crippen LogP contribution in [0.15, 0.2) is 18.2 Å². The molecule has 0 unspecified atom stereocenters. The first-order valence-electron chi connectivity index (χ1n) is 5.71. The fraction of sp³-hybridized carbons (Fsp3) is 0.231. The molecule has 0 radical (unpaired) electrons. The van der Waals surface area contributed by atoms with Crippen LogP contribution in [0.1, 0.15) is 11.3 Å². The van der Waals surface area contributed by atoms with E-state index in [2.05, 4.69) is 4.98 Å². The molecule has 2 rings (SSSR count). The van der Waals surface area contributed by atoms with Crippen LogP contribution >= 0.6 is 11.6 Å². The van der Waals surface area contributed by atoms with E-state index in [1.54, 1.807) is 12.1 Å². The van der Waals surface area contributed by atoms with Crippen LogP contribution in [0.4, 0.5) is 0 Å². The second-order valence-corrected chi connectivity index (χ2v) is 4.59. The first-order chi connectivity index (χ1) is 9.02. The number of rotatable bonds is 3. The monoisotopic (exact) mass is 279 g/mol. The van der Waals surface area contributed by atoms with Gasteiger partial charge in [0, 0.05) is 22.2 Å². The van der Waals surface area contributed by atoms with Crippen LogP contribution in [0, 0.1) is 13.8 Å². The van der Waals surface area contributed by atoms with Gasteiger partial charge in [-0.25, -0.2) is 5.84 Å². The minimum Gasteiger partial charge on any atom is -0.483 e. The number of aryl methyl sites for hydroxylation is 2. The van der Waals surface area contributed by atoms with Gasteiger partial charge < -0.3 is 4.74 Å². The lowest BCUT2D eigenvalue weighted by atomic mass is 10.1. The lowest BCUT2D eigenvalue weighted by Gasteiger charge is -2.11. The molecule has 100 valence electrons. The molecule has 0 aliphatic heterocycles. The molecule has 0 saturated carbocycles. The summed E-state index contributed by atoms with van der Waals surface area (Å²) in [5.74, 6) is 5.21. The highest BCUT2D eigenvalue weighted by molar-refractivity contribution is 6.32. The maximum atomic E-state index is 11.1. The van der Waals surface area contributed by atoms with Crippen molar-refractivity contribution in [3.05, 3.63) is 34.5 Å². The molecule has 2 aromatic rings. The second-order valence-electron chi connectivity index (χ2n) is 4.19. The number of halogens is 1. The Morgan fingerprint density at radius 2 is 2.21 bits per heavy atom. The maximum absolute atomic E-state index is 11.1.